The van der Waals surface area contributed by atoms with Gasteiger partial charge in [-0.25, -0.2) is 12.8 Å². The van der Waals surface area contributed by atoms with Gasteiger partial charge in [0.05, 0.1) is 11.4 Å². The van der Waals surface area contributed by atoms with E-state index in [1.165, 1.54) is 16.4 Å². The summed E-state index contributed by atoms with van der Waals surface area (Å²) in [5.41, 5.74) is 6.11. The van der Waals surface area contributed by atoms with Gasteiger partial charge in [0.15, 0.2) is 0 Å². The minimum absolute atomic E-state index is 0.0115. The molecule has 0 radical (unpaired) electrons. The molecule has 0 spiro atoms. The topological polar surface area (TPSA) is 63.4 Å². The Hall–Kier alpha value is -1.14. The molecule has 1 heterocycles. The van der Waals surface area contributed by atoms with Crippen molar-refractivity contribution in [3.8, 4) is 0 Å². The van der Waals surface area contributed by atoms with Gasteiger partial charge in [-0.2, -0.15) is 0 Å². The van der Waals surface area contributed by atoms with E-state index >= 15 is 0 Å². The molecule has 1 atom stereocenters. The van der Waals surface area contributed by atoms with Gasteiger partial charge in [-0.3, -0.25) is 4.31 Å². The molecule has 0 aliphatic carbocycles. The second-order valence-electron chi connectivity index (χ2n) is 4.36. The number of nitrogens with zero attached hydrogens (tertiary/aromatic N) is 1. The minimum Gasteiger partial charge on any atom is -0.326 e. The second kappa shape index (κ2) is 4.27. The van der Waals surface area contributed by atoms with Crippen molar-refractivity contribution in [2.75, 3.05) is 16.6 Å². The highest BCUT2D eigenvalue weighted by Crippen LogP contribution is 2.30. The van der Waals surface area contributed by atoms with Crippen LogP contribution in [0.15, 0.2) is 18.2 Å². The summed E-state index contributed by atoms with van der Waals surface area (Å²) in [6.07, 6.45) is 0. The van der Waals surface area contributed by atoms with E-state index in [-0.39, 0.29) is 23.8 Å². The molecule has 1 unspecified atom stereocenters. The number of halogens is 1. The van der Waals surface area contributed by atoms with Gasteiger partial charge >= 0.3 is 0 Å². The lowest BCUT2D eigenvalue weighted by atomic mass is 10.1. The monoisotopic (exact) mass is 258 g/mol. The van der Waals surface area contributed by atoms with Crippen LogP contribution in [-0.4, -0.2) is 20.7 Å². The molecule has 1 fully saturated rings. The summed E-state index contributed by atoms with van der Waals surface area (Å²) < 4.78 is 38.6. The van der Waals surface area contributed by atoms with Gasteiger partial charge in [0, 0.05) is 18.7 Å². The standard InChI is InChI=1S/C11H15FN2O2S/c1-8-6-14(17(15,16)7-8)11-4-2-3-10(12)9(11)5-13/h2-4,8H,5-7,13H2,1H3. The van der Waals surface area contributed by atoms with Crippen LogP contribution in [0.1, 0.15) is 12.5 Å². The zero-order chi connectivity index (χ0) is 12.6. The lowest BCUT2D eigenvalue weighted by Gasteiger charge is -2.20. The minimum atomic E-state index is -3.33. The number of hydrogen-bond donors (Lipinski definition) is 1. The molecule has 17 heavy (non-hydrogen) atoms. The maximum absolute atomic E-state index is 13.6. The van der Waals surface area contributed by atoms with Crippen molar-refractivity contribution in [3.63, 3.8) is 0 Å². The van der Waals surface area contributed by atoms with Gasteiger partial charge in [0.1, 0.15) is 5.82 Å². The summed E-state index contributed by atoms with van der Waals surface area (Å²) in [6, 6.07) is 4.39. The Bertz CT molecular complexity index is 530. The van der Waals surface area contributed by atoms with Crippen LogP contribution >= 0.6 is 0 Å². The summed E-state index contributed by atoms with van der Waals surface area (Å²) >= 11 is 0. The molecule has 4 nitrogen and oxygen atoms in total. The smallest absolute Gasteiger partial charge is 0.235 e. The molecule has 0 bridgehead atoms. The van der Waals surface area contributed by atoms with E-state index in [1.54, 1.807) is 6.07 Å². The fourth-order valence-corrected chi connectivity index (χ4v) is 4.09. The predicted molar refractivity (Wildman–Crippen MR) is 64.6 cm³/mol. The lowest BCUT2D eigenvalue weighted by molar-refractivity contribution is 0.597. The van der Waals surface area contributed by atoms with Crippen molar-refractivity contribution >= 4 is 15.7 Å². The molecule has 0 amide bonds. The van der Waals surface area contributed by atoms with Crippen LogP contribution in [0.3, 0.4) is 0 Å². The van der Waals surface area contributed by atoms with Crippen LogP contribution in [0, 0.1) is 11.7 Å². The van der Waals surface area contributed by atoms with Crippen LogP contribution in [0.5, 0.6) is 0 Å². The van der Waals surface area contributed by atoms with Crippen LogP contribution in [-0.2, 0) is 16.6 Å². The Kier molecular flexibility index (Phi) is 3.09. The van der Waals surface area contributed by atoms with Crippen LogP contribution in [0.4, 0.5) is 10.1 Å². The van der Waals surface area contributed by atoms with Crippen molar-refractivity contribution in [1.29, 1.82) is 0 Å². The Balaban J connectivity index is 2.51. The Morgan fingerprint density at radius 3 is 2.76 bits per heavy atom. The molecule has 6 heteroatoms. The van der Waals surface area contributed by atoms with Gasteiger partial charge in [0.25, 0.3) is 0 Å². The van der Waals surface area contributed by atoms with Gasteiger partial charge in [0.2, 0.25) is 10.0 Å². The number of anilines is 1. The fourth-order valence-electron chi connectivity index (χ4n) is 2.13. The van der Waals surface area contributed by atoms with Gasteiger partial charge in [-0.15, -0.1) is 0 Å². The molecule has 1 aliphatic heterocycles. The molecule has 0 aromatic heterocycles. The van der Waals surface area contributed by atoms with Crippen LogP contribution in [0.2, 0.25) is 0 Å². The summed E-state index contributed by atoms with van der Waals surface area (Å²) in [5.74, 6) is -0.304. The molecule has 1 saturated heterocycles. The molecule has 1 aromatic rings. The largest absolute Gasteiger partial charge is 0.326 e. The van der Waals surface area contributed by atoms with Gasteiger partial charge < -0.3 is 5.73 Å². The SMILES string of the molecule is CC1CN(c2cccc(F)c2CN)S(=O)(=O)C1. The average molecular weight is 258 g/mol. The summed E-state index contributed by atoms with van der Waals surface area (Å²) in [6.45, 7) is 2.24. The van der Waals surface area contributed by atoms with Gasteiger partial charge in [-0.05, 0) is 18.1 Å². The molecule has 2 rings (SSSR count). The first-order chi connectivity index (χ1) is 7.95. The summed E-state index contributed by atoms with van der Waals surface area (Å²) in [7, 11) is -3.33. The third-order valence-corrected chi connectivity index (χ3v) is 4.88. The molecule has 1 aliphatic rings. The molecular formula is C11H15FN2O2S. The van der Waals surface area contributed by atoms with E-state index in [1.807, 2.05) is 6.92 Å². The number of nitrogens with two attached hydrogens (primary N) is 1. The van der Waals surface area contributed by atoms with Crippen molar-refractivity contribution < 1.29 is 12.8 Å². The third-order valence-electron chi connectivity index (χ3n) is 2.88. The zero-order valence-corrected chi connectivity index (χ0v) is 10.4. The number of benzene rings is 1. The Morgan fingerprint density at radius 1 is 1.53 bits per heavy atom. The normalized spacial score (nSPS) is 23.0. The van der Waals surface area contributed by atoms with Crippen LogP contribution in [0.25, 0.3) is 0 Å². The van der Waals surface area contributed by atoms with E-state index in [0.717, 1.165) is 0 Å². The summed E-state index contributed by atoms with van der Waals surface area (Å²) in [5, 5.41) is 0. The number of hydrogen-bond acceptors (Lipinski definition) is 3. The van der Waals surface area contributed by atoms with Crippen molar-refractivity contribution in [2.45, 2.75) is 13.5 Å². The van der Waals surface area contributed by atoms with Crippen LogP contribution < -0.4 is 10.0 Å². The number of sulfonamides is 1. The fraction of sp³-hybridized carbons (Fsp3) is 0.455. The Morgan fingerprint density at radius 2 is 2.24 bits per heavy atom. The average Bonchev–Trinajstić information content (AvgIpc) is 2.51. The maximum atomic E-state index is 13.6. The lowest BCUT2D eigenvalue weighted by Crippen LogP contribution is -2.27. The molecule has 94 valence electrons. The predicted octanol–water partition coefficient (Wildman–Crippen LogP) is 1.07. The van der Waals surface area contributed by atoms with E-state index in [9.17, 15) is 12.8 Å². The Labute approximate surface area is 100 Å². The first-order valence-electron chi connectivity index (χ1n) is 5.43. The summed E-state index contributed by atoms with van der Waals surface area (Å²) in [4.78, 5) is 0. The second-order valence-corrected chi connectivity index (χ2v) is 6.29. The first kappa shape index (κ1) is 12.3. The quantitative estimate of drug-likeness (QED) is 0.863. The highest BCUT2D eigenvalue weighted by Gasteiger charge is 2.35. The van der Waals surface area contributed by atoms with Crippen molar-refractivity contribution in [2.24, 2.45) is 11.7 Å². The van der Waals surface area contributed by atoms with E-state index < -0.39 is 15.8 Å². The molecular weight excluding hydrogens is 243 g/mol. The maximum Gasteiger partial charge on any atom is 0.235 e. The first-order valence-corrected chi connectivity index (χ1v) is 7.04. The molecule has 1 aromatic carbocycles. The van der Waals surface area contributed by atoms with Crippen molar-refractivity contribution in [1.82, 2.24) is 0 Å². The van der Waals surface area contributed by atoms with E-state index in [0.29, 0.717) is 12.2 Å². The number of rotatable bonds is 2. The third kappa shape index (κ3) is 2.14. The zero-order valence-electron chi connectivity index (χ0n) is 9.56. The van der Waals surface area contributed by atoms with Gasteiger partial charge in [-0.1, -0.05) is 13.0 Å². The molecule has 2 N–H and O–H groups in total. The van der Waals surface area contributed by atoms with E-state index in [2.05, 4.69) is 0 Å². The highest BCUT2D eigenvalue weighted by molar-refractivity contribution is 7.93. The van der Waals surface area contributed by atoms with E-state index in [4.69, 9.17) is 5.73 Å². The highest BCUT2D eigenvalue weighted by atomic mass is 32.2. The molecule has 0 saturated carbocycles. The van der Waals surface area contributed by atoms with Crippen molar-refractivity contribution in [3.05, 3.63) is 29.6 Å².